The summed E-state index contributed by atoms with van der Waals surface area (Å²) in [6.07, 6.45) is 24.8. The van der Waals surface area contributed by atoms with Gasteiger partial charge in [0.05, 0.1) is 22.6 Å². The van der Waals surface area contributed by atoms with Gasteiger partial charge < -0.3 is 14.7 Å². The average Bonchev–Trinajstić information content (AvgIpc) is 3.82. The number of thiophene rings is 1. The minimum atomic E-state index is -0.876. The molecule has 0 radical (unpaired) electrons. The molecule has 5 heteroatoms. The molecule has 4 heterocycles. The van der Waals surface area contributed by atoms with Gasteiger partial charge in [0.15, 0.2) is 0 Å². The van der Waals surface area contributed by atoms with E-state index in [0.29, 0.717) is 5.92 Å². The van der Waals surface area contributed by atoms with E-state index in [0.717, 1.165) is 41.4 Å². The smallest absolute Gasteiger partial charge is 0.110 e. The molecule has 9 aliphatic rings. The molecule has 13 atom stereocenters. The SMILES string of the molecule is CCC1CC2CC(C)CC(c3cccc(N4c5cc(C67CC(C)CC(CC(CC)C6)C7)cc6c5P(c5cc(N(C)C)cc7c5N6C5(C)C6CCCCC6CCC75C)c5c4sc4ccccc54)c3)(C1)C2. The Morgan fingerprint density at radius 2 is 1.39 bits per heavy atom. The predicted octanol–water partition coefficient (Wildman–Crippen LogP) is 16.6. The van der Waals surface area contributed by atoms with Gasteiger partial charge in [-0.15, -0.1) is 11.3 Å². The largest absolute Gasteiger partial charge is 0.378 e. The third-order valence-corrected chi connectivity index (χ3v) is 26.1. The topological polar surface area (TPSA) is 9.72 Å². The lowest BCUT2D eigenvalue weighted by Crippen LogP contribution is -2.64. The van der Waals surface area contributed by atoms with Gasteiger partial charge in [-0.3, -0.25) is 0 Å². The van der Waals surface area contributed by atoms with Crippen molar-refractivity contribution in [1.29, 1.82) is 0 Å². The quantitative estimate of drug-likeness (QED) is 0.154. The molecule has 4 aromatic carbocycles. The highest BCUT2D eigenvalue weighted by Gasteiger charge is 2.66. The molecule has 6 fully saturated rings. The van der Waals surface area contributed by atoms with E-state index in [-0.39, 0.29) is 21.8 Å². The summed E-state index contributed by atoms with van der Waals surface area (Å²) in [5.74, 6) is 6.42. The highest BCUT2D eigenvalue weighted by Crippen LogP contribution is 2.71. The van der Waals surface area contributed by atoms with E-state index < -0.39 is 7.92 Å². The van der Waals surface area contributed by atoms with Crippen LogP contribution in [0.15, 0.2) is 72.8 Å². The van der Waals surface area contributed by atoms with Gasteiger partial charge in [-0.05, 0) is 216 Å². The normalized spacial score (nSPS) is 37.9. The minimum absolute atomic E-state index is 0.00331. The van der Waals surface area contributed by atoms with Crippen LogP contribution in [0.4, 0.5) is 33.4 Å². The van der Waals surface area contributed by atoms with Crippen molar-refractivity contribution in [2.45, 2.75) is 179 Å². The number of benzene rings is 4. The molecule has 69 heavy (non-hydrogen) atoms. The summed E-state index contributed by atoms with van der Waals surface area (Å²) in [6.45, 7) is 15.7. The van der Waals surface area contributed by atoms with Crippen molar-refractivity contribution >= 4 is 78.7 Å². The monoisotopic (exact) mass is 954 g/mol. The molecule has 6 aliphatic carbocycles. The van der Waals surface area contributed by atoms with Gasteiger partial charge in [0.25, 0.3) is 0 Å². The van der Waals surface area contributed by atoms with Gasteiger partial charge in [-0.1, -0.05) is 97.1 Å². The number of fused-ring (bicyclic) bond motifs is 15. The van der Waals surface area contributed by atoms with Crippen LogP contribution in [0.2, 0.25) is 0 Å². The second kappa shape index (κ2) is 15.6. The van der Waals surface area contributed by atoms with Crippen molar-refractivity contribution in [3.63, 3.8) is 0 Å². The summed E-state index contributed by atoms with van der Waals surface area (Å²) in [6, 6.07) is 31.2. The van der Waals surface area contributed by atoms with Crippen LogP contribution in [-0.4, -0.2) is 19.6 Å². The first-order chi connectivity index (χ1) is 33.3. The molecular weight excluding hydrogens is 874 g/mol. The Kier molecular flexibility index (Phi) is 10.0. The fourth-order valence-electron chi connectivity index (χ4n) is 19.4. The molecule has 5 aromatic rings. The molecule has 13 unspecified atom stereocenters. The minimum Gasteiger partial charge on any atom is -0.378 e. The first kappa shape index (κ1) is 44.4. The molecule has 0 N–H and O–H groups in total. The van der Waals surface area contributed by atoms with Crippen molar-refractivity contribution in [2.24, 2.45) is 47.3 Å². The van der Waals surface area contributed by atoms with Crippen LogP contribution in [0.1, 0.15) is 174 Å². The van der Waals surface area contributed by atoms with E-state index >= 15 is 0 Å². The number of rotatable bonds is 6. The van der Waals surface area contributed by atoms with Crippen molar-refractivity contribution < 1.29 is 0 Å². The molecule has 362 valence electrons. The summed E-state index contributed by atoms with van der Waals surface area (Å²) < 4.78 is 1.45. The second-order valence-electron chi connectivity index (χ2n) is 26.3. The van der Waals surface area contributed by atoms with Crippen molar-refractivity contribution in [1.82, 2.24) is 0 Å². The third-order valence-electron chi connectivity index (χ3n) is 22.1. The third kappa shape index (κ3) is 6.12. The van der Waals surface area contributed by atoms with Crippen LogP contribution < -0.4 is 30.6 Å². The maximum atomic E-state index is 3.16. The Bertz CT molecular complexity index is 2890. The number of hydrogen-bond donors (Lipinski definition) is 0. The number of nitrogens with zero attached hydrogens (tertiary/aromatic N) is 3. The molecule has 3 nitrogen and oxygen atoms in total. The molecular formula is C64H80N3PS. The molecule has 0 amide bonds. The van der Waals surface area contributed by atoms with Crippen molar-refractivity contribution in [3.05, 3.63) is 89.5 Å². The lowest BCUT2D eigenvalue weighted by Gasteiger charge is -2.60. The Balaban J connectivity index is 1.08. The van der Waals surface area contributed by atoms with E-state index in [2.05, 4.69) is 154 Å². The predicted molar refractivity (Wildman–Crippen MR) is 298 cm³/mol. The highest BCUT2D eigenvalue weighted by atomic mass is 32.1. The van der Waals surface area contributed by atoms with E-state index in [1.54, 1.807) is 44.0 Å². The van der Waals surface area contributed by atoms with Crippen LogP contribution in [0.3, 0.4) is 0 Å². The molecule has 3 aliphatic heterocycles. The standard InChI is InChI=1S/C64H80N3PS/c1-9-41-26-43-24-39(3)33-63(35-41,37-43)46-17-15-18-48(28-46)66-53-29-47(64-34-40(4)25-44(38-64)27-42(10-2)36-64)30-54-59(53)68(58-50-19-12-14-21-56(50)69-60(58)66)55-32-49(65(7)8)31-52-57(55)67(54)62(6)51-20-13-11-16-45(51)22-23-61(52,62)5/h12,14-15,17-19,21,28-32,39-45,51H,9-11,13,16,20,22-27,33-38H2,1-8H3. The van der Waals surface area contributed by atoms with Gasteiger partial charge in [-0.2, -0.15) is 0 Å². The fourth-order valence-corrected chi connectivity index (χ4v) is 24.0. The van der Waals surface area contributed by atoms with Crippen molar-refractivity contribution in [2.75, 3.05) is 28.8 Å². The first-order valence-corrected chi connectivity index (χ1v) is 30.6. The van der Waals surface area contributed by atoms with E-state index in [4.69, 9.17) is 0 Å². The fraction of sp³-hybridized carbons (Fsp3) is 0.594. The van der Waals surface area contributed by atoms with Gasteiger partial charge >= 0.3 is 0 Å². The zero-order chi connectivity index (χ0) is 46.9. The summed E-state index contributed by atoms with van der Waals surface area (Å²) in [4.78, 5) is 8.51. The lowest BCUT2D eigenvalue weighted by atomic mass is 9.51. The summed E-state index contributed by atoms with van der Waals surface area (Å²) >= 11 is 2.10. The van der Waals surface area contributed by atoms with Gasteiger partial charge in [0.2, 0.25) is 0 Å². The van der Waals surface area contributed by atoms with E-state index in [9.17, 15) is 0 Å². The average molecular weight is 954 g/mol. The molecule has 6 saturated carbocycles. The van der Waals surface area contributed by atoms with Gasteiger partial charge in [0, 0.05) is 56.9 Å². The van der Waals surface area contributed by atoms with Gasteiger partial charge in [-0.25, -0.2) is 0 Å². The number of anilines is 6. The van der Waals surface area contributed by atoms with Crippen LogP contribution in [-0.2, 0) is 16.2 Å². The zero-order valence-electron chi connectivity index (χ0n) is 43.5. The Morgan fingerprint density at radius 1 is 0.696 bits per heavy atom. The van der Waals surface area contributed by atoms with Crippen LogP contribution in [0.25, 0.3) is 10.1 Å². The maximum absolute atomic E-state index is 3.16. The Hall–Kier alpha value is -3.33. The lowest BCUT2D eigenvalue weighted by molar-refractivity contribution is 0.0339. The summed E-state index contributed by atoms with van der Waals surface area (Å²) in [5, 5.41) is 7.91. The summed E-state index contributed by atoms with van der Waals surface area (Å²) in [5.41, 5.74) is 13.1. The van der Waals surface area contributed by atoms with Crippen LogP contribution >= 0.6 is 19.3 Å². The summed E-state index contributed by atoms with van der Waals surface area (Å²) in [7, 11) is 3.73. The molecule has 0 saturated heterocycles. The molecule has 0 spiro atoms. The Morgan fingerprint density at radius 3 is 2.12 bits per heavy atom. The van der Waals surface area contributed by atoms with Crippen LogP contribution in [0.5, 0.6) is 0 Å². The molecule has 4 bridgehead atoms. The maximum Gasteiger partial charge on any atom is 0.110 e. The van der Waals surface area contributed by atoms with E-state index in [1.807, 2.05) is 0 Å². The molecule has 14 rings (SSSR count). The van der Waals surface area contributed by atoms with Gasteiger partial charge in [0.1, 0.15) is 5.00 Å². The first-order valence-electron chi connectivity index (χ1n) is 28.4. The van der Waals surface area contributed by atoms with E-state index in [1.165, 1.54) is 148 Å². The van der Waals surface area contributed by atoms with Crippen molar-refractivity contribution in [3.8, 4) is 0 Å². The Labute approximate surface area is 421 Å². The second-order valence-corrected chi connectivity index (χ2v) is 29.4. The van der Waals surface area contributed by atoms with Crippen LogP contribution in [0, 0.1) is 47.3 Å². The number of hydrogen-bond acceptors (Lipinski definition) is 4. The zero-order valence-corrected chi connectivity index (χ0v) is 45.2. The highest BCUT2D eigenvalue weighted by molar-refractivity contribution is 7.82. The molecule has 1 aromatic heterocycles.